The van der Waals surface area contributed by atoms with Crippen LogP contribution in [0.2, 0.25) is 5.02 Å². The van der Waals surface area contributed by atoms with Gasteiger partial charge in [-0.2, -0.15) is 5.26 Å². The van der Waals surface area contributed by atoms with Gasteiger partial charge in [0.25, 0.3) is 0 Å². The molecule has 1 amide bonds. The van der Waals surface area contributed by atoms with Crippen molar-refractivity contribution in [2.24, 2.45) is 0 Å². The number of nitrogens with zero attached hydrogens (tertiary/aromatic N) is 2. The molecule has 1 saturated heterocycles. The van der Waals surface area contributed by atoms with Crippen molar-refractivity contribution in [1.29, 1.82) is 5.26 Å². The van der Waals surface area contributed by atoms with Gasteiger partial charge in [0.1, 0.15) is 6.07 Å². The second kappa shape index (κ2) is 4.44. The number of carbonyl (C=O) groups is 1. The van der Waals surface area contributed by atoms with Gasteiger partial charge >= 0.3 is 0 Å². The molecule has 1 fully saturated rings. The monoisotopic (exact) mass is 298 g/mol. The Morgan fingerprint density at radius 1 is 1.56 bits per heavy atom. The summed E-state index contributed by atoms with van der Waals surface area (Å²) in [6.07, 6.45) is 0.498. The molecular weight excluding hydrogens is 291 g/mol. The lowest BCUT2D eigenvalue weighted by Crippen LogP contribution is -2.24. The third-order valence-electron chi connectivity index (χ3n) is 2.46. The molecule has 1 aliphatic rings. The van der Waals surface area contributed by atoms with E-state index >= 15 is 0 Å². The molecule has 0 bridgehead atoms. The van der Waals surface area contributed by atoms with Crippen molar-refractivity contribution in [3.8, 4) is 6.07 Å². The van der Waals surface area contributed by atoms with Crippen molar-refractivity contribution >= 4 is 39.1 Å². The van der Waals surface area contributed by atoms with Crippen LogP contribution < -0.4 is 4.90 Å². The minimum atomic E-state index is 0.0719. The van der Waals surface area contributed by atoms with Crippen LogP contribution in [0.5, 0.6) is 0 Å². The van der Waals surface area contributed by atoms with E-state index in [9.17, 15) is 4.79 Å². The van der Waals surface area contributed by atoms with Crippen LogP contribution in [0.15, 0.2) is 18.2 Å². The molecule has 1 heterocycles. The molecule has 0 saturated carbocycles. The lowest BCUT2D eigenvalue weighted by molar-refractivity contribution is -0.117. The highest BCUT2D eigenvalue weighted by Crippen LogP contribution is 2.28. The predicted octanol–water partition coefficient (Wildman–Crippen LogP) is 2.71. The second-order valence-corrected chi connectivity index (χ2v) is 5.28. The number of rotatable bonds is 1. The SMILES string of the molecule is N#Cc1ccc(N2CC(Br)CC2=O)cc1Cl. The summed E-state index contributed by atoms with van der Waals surface area (Å²) in [5.41, 5.74) is 1.17. The van der Waals surface area contributed by atoms with E-state index in [1.54, 1.807) is 23.1 Å². The molecule has 1 atom stereocenters. The molecule has 1 aromatic carbocycles. The fraction of sp³-hybridized carbons (Fsp3) is 0.273. The fourth-order valence-corrected chi connectivity index (χ4v) is 2.46. The van der Waals surface area contributed by atoms with Gasteiger partial charge in [-0.15, -0.1) is 0 Å². The van der Waals surface area contributed by atoms with Crippen molar-refractivity contribution < 1.29 is 4.79 Å². The first kappa shape index (κ1) is 11.4. The van der Waals surface area contributed by atoms with Gasteiger partial charge < -0.3 is 4.90 Å². The van der Waals surface area contributed by atoms with Crippen LogP contribution in [0.1, 0.15) is 12.0 Å². The molecule has 3 nitrogen and oxygen atoms in total. The number of carbonyl (C=O) groups excluding carboxylic acids is 1. The molecule has 0 spiro atoms. The zero-order chi connectivity index (χ0) is 11.7. The fourth-order valence-electron chi connectivity index (χ4n) is 1.68. The smallest absolute Gasteiger partial charge is 0.228 e. The molecular formula is C11H8BrClN2O. The Labute approximate surface area is 107 Å². The van der Waals surface area contributed by atoms with Crippen molar-refractivity contribution in [3.05, 3.63) is 28.8 Å². The van der Waals surface area contributed by atoms with E-state index in [1.165, 1.54) is 0 Å². The first-order chi connectivity index (χ1) is 7.61. The number of anilines is 1. The average Bonchev–Trinajstić information content (AvgIpc) is 2.58. The second-order valence-electron chi connectivity index (χ2n) is 3.58. The summed E-state index contributed by atoms with van der Waals surface area (Å²) >= 11 is 9.34. The first-order valence-corrected chi connectivity index (χ1v) is 6.05. The summed E-state index contributed by atoms with van der Waals surface area (Å²) in [6, 6.07) is 7.02. The van der Waals surface area contributed by atoms with E-state index in [0.717, 1.165) is 5.69 Å². The third-order valence-corrected chi connectivity index (χ3v) is 3.39. The molecule has 0 aliphatic carbocycles. The predicted molar refractivity (Wildman–Crippen MR) is 65.9 cm³/mol. The maximum absolute atomic E-state index is 11.6. The Morgan fingerprint density at radius 2 is 2.31 bits per heavy atom. The molecule has 1 unspecified atom stereocenters. The zero-order valence-corrected chi connectivity index (χ0v) is 10.6. The van der Waals surface area contributed by atoms with Crippen molar-refractivity contribution in [2.75, 3.05) is 11.4 Å². The van der Waals surface area contributed by atoms with Gasteiger partial charge in [0.05, 0.1) is 10.6 Å². The summed E-state index contributed by atoms with van der Waals surface area (Å²) in [5.74, 6) is 0.0719. The topological polar surface area (TPSA) is 44.1 Å². The van der Waals surface area contributed by atoms with Crippen LogP contribution in [-0.4, -0.2) is 17.3 Å². The molecule has 1 aliphatic heterocycles. The standard InChI is InChI=1S/C11H8BrClN2O/c12-8-3-11(16)15(6-8)9-2-1-7(5-14)10(13)4-9/h1-2,4,8H,3,6H2. The minimum absolute atomic E-state index is 0.0719. The zero-order valence-electron chi connectivity index (χ0n) is 8.28. The Hall–Kier alpha value is -1.05. The highest BCUT2D eigenvalue weighted by Gasteiger charge is 2.28. The largest absolute Gasteiger partial charge is 0.311 e. The van der Waals surface area contributed by atoms with Crippen LogP contribution >= 0.6 is 27.5 Å². The number of hydrogen-bond acceptors (Lipinski definition) is 2. The number of alkyl halides is 1. The lowest BCUT2D eigenvalue weighted by Gasteiger charge is -2.16. The molecule has 0 radical (unpaired) electrons. The Morgan fingerprint density at radius 3 is 2.81 bits per heavy atom. The van der Waals surface area contributed by atoms with Gasteiger partial charge in [0.2, 0.25) is 5.91 Å². The maximum atomic E-state index is 11.6. The van der Waals surface area contributed by atoms with Gasteiger partial charge in [-0.3, -0.25) is 4.79 Å². The van der Waals surface area contributed by atoms with Gasteiger partial charge in [-0.1, -0.05) is 27.5 Å². The highest BCUT2D eigenvalue weighted by atomic mass is 79.9. The molecule has 16 heavy (non-hydrogen) atoms. The van der Waals surface area contributed by atoms with Crippen LogP contribution in [0.25, 0.3) is 0 Å². The third kappa shape index (κ3) is 2.06. The Balaban J connectivity index is 2.32. The van der Waals surface area contributed by atoms with E-state index < -0.39 is 0 Å². The Kier molecular flexibility index (Phi) is 3.17. The van der Waals surface area contributed by atoms with E-state index in [4.69, 9.17) is 16.9 Å². The summed E-state index contributed by atoms with van der Waals surface area (Å²) in [6.45, 7) is 0.640. The number of benzene rings is 1. The first-order valence-electron chi connectivity index (χ1n) is 4.76. The molecule has 82 valence electrons. The summed E-state index contributed by atoms with van der Waals surface area (Å²) < 4.78 is 0. The van der Waals surface area contributed by atoms with Gasteiger partial charge in [0.15, 0.2) is 0 Å². The lowest BCUT2D eigenvalue weighted by atomic mass is 10.2. The number of nitriles is 1. The Bertz CT molecular complexity index is 483. The van der Waals surface area contributed by atoms with E-state index in [2.05, 4.69) is 15.9 Å². The molecule has 0 N–H and O–H groups in total. The van der Waals surface area contributed by atoms with Crippen LogP contribution in [0, 0.1) is 11.3 Å². The molecule has 0 aromatic heterocycles. The maximum Gasteiger partial charge on any atom is 0.228 e. The van der Waals surface area contributed by atoms with E-state index in [0.29, 0.717) is 23.6 Å². The summed E-state index contributed by atoms with van der Waals surface area (Å²) in [5, 5.41) is 9.13. The number of amides is 1. The van der Waals surface area contributed by atoms with Crippen LogP contribution in [0.4, 0.5) is 5.69 Å². The van der Waals surface area contributed by atoms with Gasteiger partial charge in [0, 0.05) is 23.5 Å². The van der Waals surface area contributed by atoms with E-state index in [-0.39, 0.29) is 10.7 Å². The molecule has 1 aromatic rings. The van der Waals surface area contributed by atoms with Crippen molar-refractivity contribution in [2.45, 2.75) is 11.2 Å². The quantitative estimate of drug-likeness (QED) is 0.748. The van der Waals surface area contributed by atoms with Gasteiger partial charge in [-0.25, -0.2) is 0 Å². The van der Waals surface area contributed by atoms with Crippen LogP contribution in [0.3, 0.4) is 0 Å². The molecule has 5 heteroatoms. The van der Waals surface area contributed by atoms with E-state index in [1.807, 2.05) is 6.07 Å². The van der Waals surface area contributed by atoms with Crippen molar-refractivity contribution in [1.82, 2.24) is 0 Å². The normalized spacial score (nSPS) is 19.9. The van der Waals surface area contributed by atoms with Crippen LogP contribution in [-0.2, 0) is 4.79 Å². The highest BCUT2D eigenvalue weighted by molar-refractivity contribution is 9.09. The van der Waals surface area contributed by atoms with Crippen molar-refractivity contribution in [3.63, 3.8) is 0 Å². The number of hydrogen-bond donors (Lipinski definition) is 0. The summed E-state index contributed by atoms with van der Waals surface area (Å²) in [7, 11) is 0. The number of halogens is 2. The average molecular weight is 300 g/mol. The minimum Gasteiger partial charge on any atom is -0.311 e. The summed E-state index contributed by atoms with van der Waals surface area (Å²) in [4.78, 5) is 13.5. The van der Waals surface area contributed by atoms with Gasteiger partial charge in [-0.05, 0) is 18.2 Å². The molecule has 2 rings (SSSR count).